The van der Waals surface area contributed by atoms with Crippen LogP contribution >= 0.6 is 11.3 Å². The lowest BCUT2D eigenvalue weighted by molar-refractivity contribution is 0.282. The predicted octanol–water partition coefficient (Wildman–Crippen LogP) is 3.61. The summed E-state index contributed by atoms with van der Waals surface area (Å²) in [5.41, 5.74) is 1.97. The van der Waals surface area contributed by atoms with Gasteiger partial charge >= 0.3 is 0 Å². The van der Waals surface area contributed by atoms with Gasteiger partial charge in [-0.05, 0) is 24.3 Å². The van der Waals surface area contributed by atoms with Crippen molar-refractivity contribution in [3.05, 3.63) is 34.8 Å². The average Bonchev–Trinajstić information content (AvgIpc) is 2.83. The Balaban J connectivity index is 2.42. The van der Waals surface area contributed by atoms with Gasteiger partial charge in [0.1, 0.15) is 10.8 Å². The van der Waals surface area contributed by atoms with Crippen LogP contribution in [0.4, 0.5) is 0 Å². The van der Waals surface area contributed by atoms with E-state index in [9.17, 15) is 5.11 Å². The van der Waals surface area contributed by atoms with Crippen molar-refractivity contribution in [3.63, 3.8) is 0 Å². The van der Waals surface area contributed by atoms with Gasteiger partial charge in [0.25, 0.3) is 0 Å². The van der Waals surface area contributed by atoms with E-state index in [1.54, 1.807) is 18.4 Å². The summed E-state index contributed by atoms with van der Waals surface area (Å²) in [4.78, 5) is 5.64. The number of thiazole rings is 1. The Bertz CT molecular complexity index is 553. The molecule has 0 fully saturated rings. The standard InChI is InChI=1S/C15H19NO2S/c1-15(2,3)13-12(9-17)19-14(16-13)10-5-7-11(18-4)8-6-10/h5-8,17H,9H2,1-4H3. The number of benzene rings is 1. The van der Waals surface area contributed by atoms with Gasteiger partial charge in [0.2, 0.25) is 0 Å². The monoisotopic (exact) mass is 277 g/mol. The van der Waals surface area contributed by atoms with Crippen molar-refractivity contribution < 1.29 is 9.84 Å². The summed E-state index contributed by atoms with van der Waals surface area (Å²) in [6.45, 7) is 6.37. The molecule has 0 unspecified atom stereocenters. The zero-order valence-corrected chi connectivity index (χ0v) is 12.5. The van der Waals surface area contributed by atoms with E-state index >= 15 is 0 Å². The molecule has 0 atom stereocenters. The first-order valence-corrected chi connectivity index (χ1v) is 7.03. The number of aromatic nitrogens is 1. The van der Waals surface area contributed by atoms with Gasteiger partial charge in [0, 0.05) is 11.0 Å². The van der Waals surface area contributed by atoms with Crippen LogP contribution < -0.4 is 4.74 Å². The third-order valence-electron chi connectivity index (χ3n) is 2.89. The van der Waals surface area contributed by atoms with Crippen molar-refractivity contribution >= 4 is 11.3 Å². The first-order valence-electron chi connectivity index (χ1n) is 6.21. The van der Waals surface area contributed by atoms with E-state index in [1.165, 1.54) is 0 Å². The first kappa shape index (κ1) is 14.0. The fourth-order valence-corrected chi connectivity index (χ4v) is 3.04. The molecule has 1 heterocycles. The zero-order valence-electron chi connectivity index (χ0n) is 11.7. The lowest BCUT2D eigenvalue weighted by atomic mass is 9.91. The Kier molecular flexibility index (Phi) is 3.92. The van der Waals surface area contributed by atoms with E-state index in [2.05, 4.69) is 20.8 Å². The fraction of sp³-hybridized carbons (Fsp3) is 0.400. The van der Waals surface area contributed by atoms with Crippen molar-refractivity contribution in [2.45, 2.75) is 32.8 Å². The SMILES string of the molecule is COc1ccc(-c2nc(C(C)(C)C)c(CO)s2)cc1. The van der Waals surface area contributed by atoms with Crippen LogP contribution in [-0.2, 0) is 12.0 Å². The molecule has 0 spiro atoms. The summed E-state index contributed by atoms with van der Waals surface area (Å²) in [7, 11) is 1.65. The van der Waals surface area contributed by atoms with Gasteiger partial charge in [-0.2, -0.15) is 0 Å². The molecule has 0 aliphatic carbocycles. The molecule has 2 rings (SSSR count). The van der Waals surface area contributed by atoms with E-state index in [0.717, 1.165) is 26.9 Å². The van der Waals surface area contributed by atoms with E-state index in [0.29, 0.717) is 0 Å². The number of aliphatic hydroxyl groups is 1. The van der Waals surface area contributed by atoms with Crippen LogP contribution in [0, 0.1) is 0 Å². The first-order chi connectivity index (χ1) is 8.95. The van der Waals surface area contributed by atoms with E-state index in [-0.39, 0.29) is 12.0 Å². The van der Waals surface area contributed by atoms with Crippen molar-refractivity contribution in [2.24, 2.45) is 0 Å². The Morgan fingerprint density at radius 1 is 1.21 bits per heavy atom. The molecule has 0 saturated carbocycles. The molecule has 0 aliphatic rings. The van der Waals surface area contributed by atoms with Crippen LogP contribution in [0.1, 0.15) is 31.3 Å². The fourth-order valence-electron chi connectivity index (χ4n) is 1.90. The summed E-state index contributed by atoms with van der Waals surface area (Å²) < 4.78 is 5.15. The topological polar surface area (TPSA) is 42.4 Å². The highest BCUT2D eigenvalue weighted by Crippen LogP contribution is 2.34. The lowest BCUT2D eigenvalue weighted by Gasteiger charge is -2.16. The molecule has 0 bridgehead atoms. The highest BCUT2D eigenvalue weighted by molar-refractivity contribution is 7.15. The van der Waals surface area contributed by atoms with Crippen molar-refractivity contribution in [1.29, 1.82) is 0 Å². The normalized spacial score (nSPS) is 11.6. The van der Waals surface area contributed by atoms with Crippen molar-refractivity contribution in [2.75, 3.05) is 7.11 Å². The minimum atomic E-state index is -0.0563. The second-order valence-corrected chi connectivity index (χ2v) is 6.51. The van der Waals surface area contributed by atoms with Crippen molar-refractivity contribution in [1.82, 2.24) is 4.98 Å². The number of nitrogens with zero attached hydrogens (tertiary/aromatic N) is 1. The number of hydrogen-bond acceptors (Lipinski definition) is 4. The summed E-state index contributed by atoms with van der Waals surface area (Å²) in [5, 5.41) is 10.4. The van der Waals surface area contributed by atoms with Crippen LogP contribution in [0.3, 0.4) is 0 Å². The Hall–Kier alpha value is -1.39. The molecule has 4 heteroatoms. The molecule has 0 saturated heterocycles. The molecule has 2 aromatic rings. The third-order valence-corrected chi connectivity index (χ3v) is 3.98. The number of aliphatic hydroxyl groups excluding tert-OH is 1. The maximum atomic E-state index is 9.47. The quantitative estimate of drug-likeness (QED) is 0.932. The highest BCUT2D eigenvalue weighted by Gasteiger charge is 2.23. The molecule has 0 aliphatic heterocycles. The zero-order chi connectivity index (χ0) is 14.0. The Morgan fingerprint density at radius 2 is 1.84 bits per heavy atom. The minimum absolute atomic E-state index is 0.0421. The van der Waals surface area contributed by atoms with Crippen LogP contribution in [0.25, 0.3) is 10.6 Å². The summed E-state index contributed by atoms with van der Waals surface area (Å²) >= 11 is 1.55. The van der Waals surface area contributed by atoms with Crippen LogP contribution in [0.15, 0.2) is 24.3 Å². The van der Waals surface area contributed by atoms with E-state index in [1.807, 2.05) is 24.3 Å². The van der Waals surface area contributed by atoms with Gasteiger partial charge in [-0.3, -0.25) is 0 Å². The number of rotatable bonds is 3. The number of ether oxygens (including phenoxy) is 1. The molecular weight excluding hydrogens is 258 g/mol. The van der Waals surface area contributed by atoms with E-state index < -0.39 is 0 Å². The molecule has 1 aromatic heterocycles. The largest absolute Gasteiger partial charge is 0.497 e. The maximum absolute atomic E-state index is 9.47. The maximum Gasteiger partial charge on any atom is 0.123 e. The van der Waals surface area contributed by atoms with Crippen molar-refractivity contribution in [3.8, 4) is 16.3 Å². The second kappa shape index (κ2) is 5.31. The van der Waals surface area contributed by atoms with Gasteiger partial charge in [-0.15, -0.1) is 11.3 Å². The third kappa shape index (κ3) is 2.96. The number of hydrogen-bond donors (Lipinski definition) is 1. The van der Waals surface area contributed by atoms with Gasteiger partial charge in [-0.25, -0.2) is 4.98 Å². The van der Waals surface area contributed by atoms with Crippen LogP contribution in [0.2, 0.25) is 0 Å². The van der Waals surface area contributed by atoms with Gasteiger partial charge in [0.15, 0.2) is 0 Å². The molecule has 0 amide bonds. The second-order valence-electron chi connectivity index (χ2n) is 5.43. The molecule has 102 valence electrons. The molecule has 19 heavy (non-hydrogen) atoms. The van der Waals surface area contributed by atoms with Crippen LogP contribution in [0.5, 0.6) is 5.75 Å². The smallest absolute Gasteiger partial charge is 0.123 e. The molecule has 0 radical (unpaired) electrons. The number of methoxy groups -OCH3 is 1. The molecule has 1 N–H and O–H groups in total. The van der Waals surface area contributed by atoms with Gasteiger partial charge in [-0.1, -0.05) is 20.8 Å². The Labute approximate surface area is 117 Å². The van der Waals surface area contributed by atoms with Gasteiger partial charge in [0.05, 0.1) is 24.3 Å². The molecule has 3 nitrogen and oxygen atoms in total. The average molecular weight is 277 g/mol. The lowest BCUT2D eigenvalue weighted by Crippen LogP contribution is -2.14. The summed E-state index contributed by atoms with van der Waals surface area (Å²) in [5.74, 6) is 0.832. The summed E-state index contributed by atoms with van der Waals surface area (Å²) in [6, 6.07) is 7.83. The predicted molar refractivity (Wildman–Crippen MR) is 78.7 cm³/mol. The minimum Gasteiger partial charge on any atom is -0.497 e. The highest BCUT2D eigenvalue weighted by atomic mass is 32.1. The van der Waals surface area contributed by atoms with Gasteiger partial charge < -0.3 is 9.84 Å². The summed E-state index contributed by atoms with van der Waals surface area (Å²) in [6.07, 6.45) is 0. The van der Waals surface area contributed by atoms with E-state index in [4.69, 9.17) is 9.72 Å². The Morgan fingerprint density at radius 3 is 2.26 bits per heavy atom. The molecular formula is C15H19NO2S. The molecule has 1 aromatic carbocycles. The van der Waals surface area contributed by atoms with Crippen LogP contribution in [-0.4, -0.2) is 17.2 Å².